The number of aromatic hydroxyl groups is 1. The molecule has 2 heterocycles. The van der Waals surface area contributed by atoms with E-state index in [-0.39, 0.29) is 28.9 Å². The number of phenolic OH excluding ortho intramolecular Hbond substituents is 1. The lowest BCUT2D eigenvalue weighted by Gasteiger charge is -2.24. The summed E-state index contributed by atoms with van der Waals surface area (Å²) in [6, 6.07) is 14.5. The molecule has 1 aliphatic rings. The van der Waals surface area contributed by atoms with Gasteiger partial charge in [-0.2, -0.15) is 5.26 Å². The fourth-order valence-electron chi connectivity index (χ4n) is 3.12. The summed E-state index contributed by atoms with van der Waals surface area (Å²) >= 11 is 0. The third-order valence-corrected chi connectivity index (χ3v) is 4.28. The monoisotopic (exact) mass is 348 g/mol. The lowest BCUT2D eigenvalue weighted by atomic mass is 9.83. The van der Waals surface area contributed by atoms with Crippen LogP contribution in [0.5, 0.6) is 11.6 Å². The van der Waals surface area contributed by atoms with E-state index < -0.39 is 5.92 Å². The second kappa shape index (κ2) is 5.93. The summed E-state index contributed by atoms with van der Waals surface area (Å²) in [5.41, 5.74) is 8.67. The fraction of sp³-hybridized carbons (Fsp3) is 0.0526. The number of benzene rings is 2. The second-order valence-corrected chi connectivity index (χ2v) is 5.84. The number of H-pyrrole nitrogens is 1. The molecule has 0 aliphatic carbocycles. The van der Waals surface area contributed by atoms with Gasteiger partial charge in [0.1, 0.15) is 23.2 Å². The Labute approximate surface area is 148 Å². The van der Waals surface area contributed by atoms with Crippen LogP contribution < -0.4 is 10.5 Å². The number of rotatable bonds is 2. The van der Waals surface area contributed by atoms with Crippen molar-refractivity contribution < 1.29 is 14.2 Å². The van der Waals surface area contributed by atoms with E-state index in [0.29, 0.717) is 22.4 Å². The van der Waals surface area contributed by atoms with Crippen molar-refractivity contribution in [1.82, 2.24) is 10.2 Å². The number of halogens is 1. The number of nitrogens with zero attached hydrogens (tertiary/aromatic N) is 2. The van der Waals surface area contributed by atoms with Crippen LogP contribution >= 0.6 is 0 Å². The Kier molecular flexibility index (Phi) is 3.59. The standard InChI is InChI=1S/C19H13FN4O2/c20-12-6-4-10(5-7-12)17-16-15(11-2-1-3-13(25)8-11)14(9-21)18(22)26-19(16)24-23-17/h1-8,15,25H,22H2,(H,23,24)/t15-/m1/s1. The molecule has 0 spiro atoms. The maximum atomic E-state index is 13.3. The highest BCUT2D eigenvalue weighted by molar-refractivity contribution is 5.70. The van der Waals surface area contributed by atoms with Gasteiger partial charge in [0.05, 0.1) is 17.2 Å². The molecule has 0 saturated heterocycles. The van der Waals surface area contributed by atoms with Gasteiger partial charge < -0.3 is 15.6 Å². The molecule has 3 aromatic rings. The Morgan fingerprint density at radius 3 is 2.69 bits per heavy atom. The molecule has 0 radical (unpaired) electrons. The number of fused-ring (bicyclic) bond motifs is 1. The molecule has 1 atom stereocenters. The molecule has 0 fully saturated rings. The SMILES string of the molecule is N#CC1=C(N)Oc2n[nH]c(-c3ccc(F)cc3)c2[C@@H]1c1cccc(O)c1. The zero-order chi connectivity index (χ0) is 18.3. The van der Waals surface area contributed by atoms with E-state index in [1.807, 2.05) is 0 Å². The molecule has 7 heteroatoms. The fourth-order valence-corrected chi connectivity index (χ4v) is 3.12. The van der Waals surface area contributed by atoms with Crippen LogP contribution in [0.25, 0.3) is 11.3 Å². The van der Waals surface area contributed by atoms with Crippen LogP contribution in [0.2, 0.25) is 0 Å². The van der Waals surface area contributed by atoms with Crippen LogP contribution in [-0.2, 0) is 0 Å². The van der Waals surface area contributed by atoms with Crippen molar-refractivity contribution in [2.75, 3.05) is 0 Å². The van der Waals surface area contributed by atoms with Gasteiger partial charge in [-0.25, -0.2) is 4.39 Å². The molecule has 128 valence electrons. The van der Waals surface area contributed by atoms with Crippen LogP contribution in [0.4, 0.5) is 4.39 Å². The number of hydrogen-bond donors (Lipinski definition) is 3. The van der Waals surface area contributed by atoms with Crippen LogP contribution in [0, 0.1) is 17.1 Å². The van der Waals surface area contributed by atoms with Gasteiger partial charge in [-0.1, -0.05) is 12.1 Å². The Morgan fingerprint density at radius 2 is 2.00 bits per heavy atom. The summed E-state index contributed by atoms with van der Waals surface area (Å²) in [5.74, 6) is -0.655. The first-order chi connectivity index (χ1) is 12.6. The van der Waals surface area contributed by atoms with E-state index in [1.165, 1.54) is 12.1 Å². The first-order valence-electron chi connectivity index (χ1n) is 7.79. The van der Waals surface area contributed by atoms with Crippen molar-refractivity contribution in [3.63, 3.8) is 0 Å². The molecule has 0 amide bonds. The number of aromatic nitrogens is 2. The Bertz CT molecular complexity index is 1060. The largest absolute Gasteiger partial charge is 0.508 e. The summed E-state index contributed by atoms with van der Waals surface area (Å²) in [4.78, 5) is 0. The van der Waals surface area contributed by atoms with Crippen molar-refractivity contribution in [1.29, 1.82) is 5.26 Å². The minimum Gasteiger partial charge on any atom is -0.508 e. The highest BCUT2D eigenvalue weighted by atomic mass is 19.1. The summed E-state index contributed by atoms with van der Waals surface area (Å²) in [5, 5.41) is 26.5. The number of ether oxygens (including phenoxy) is 1. The summed E-state index contributed by atoms with van der Waals surface area (Å²) < 4.78 is 18.8. The zero-order valence-electron chi connectivity index (χ0n) is 13.4. The first kappa shape index (κ1) is 15.7. The number of aromatic amines is 1. The molecule has 4 rings (SSSR count). The molecule has 1 aromatic heterocycles. The van der Waals surface area contributed by atoms with Gasteiger partial charge in [0.2, 0.25) is 11.8 Å². The first-order valence-corrected chi connectivity index (χ1v) is 7.79. The normalized spacial score (nSPS) is 15.9. The number of allylic oxidation sites excluding steroid dienone is 1. The van der Waals surface area contributed by atoms with Gasteiger partial charge in [0.25, 0.3) is 0 Å². The number of nitrogens with two attached hydrogens (primary N) is 1. The van der Waals surface area contributed by atoms with Crippen molar-refractivity contribution in [3.8, 4) is 29.0 Å². The predicted octanol–water partition coefficient (Wildman–Crippen LogP) is 3.14. The van der Waals surface area contributed by atoms with Gasteiger partial charge in [-0.3, -0.25) is 5.10 Å². The average Bonchev–Trinajstić information content (AvgIpc) is 3.04. The number of nitrogens with one attached hydrogen (secondary N) is 1. The minimum atomic E-state index is -0.574. The van der Waals surface area contributed by atoms with Crippen LogP contribution in [-0.4, -0.2) is 15.3 Å². The highest BCUT2D eigenvalue weighted by Gasteiger charge is 2.35. The van der Waals surface area contributed by atoms with Crippen molar-refractivity contribution in [2.45, 2.75) is 5.92 Å². The number of nitriles is 1. The molecule has 2 aromatic carbocycles. The molecular weight excluding hydrogens is 335 g/mol. The average molecular weight is 348 g/mol. The third kappa shape index (κ3) is 2.45. The van der Waals surface area contributed by atoms with Gasteiger partial charge in [0.15, 0.2) is 0 Å². The van der Waals surface area contributed by atoms with Gasteiger partial charge >= 0.3 is 0 Å². The van der Waals surface area contributed by atoms with E-state index in [2.05, 4.69) is 16.3 Å². The molecule has 26 heavy (non-hydrogen) atoms. The highest BCUT2D eigenvalue weighted by Crippen LogP contribution is 2.45. The van der Waals surface area contributed by atoms with Gasteiger partial charge in [-0.15, -0.1) is 5.10 Å². The summed E-state index contributed by atoms with van der Waals surface area (Å²) in [7, 11) is 0. The second-order valence-electron chi connectivity index (χ2n) is 5.84. The summed E-state index contributed by atoms with van der Waals surface area (Å²) in [6.45, 7) is 0. The van der Waals surface area contributed by atoms with Crippen LogP contribution in [0.15, 0.2) is 60.0 Å². The topological polar surface area (TPSA) is 108 Å². The third-order valence-electron chi connectivity index (χ3n) is 4.28. The minimum absolute atomic E-state index is 0.0366. The molecule has 0 saturated carbocycles. The maximum absolute atomic E-state index is 13.3. The van der Waals surface area contributed by atoms with Crippen LogP contribution in [0.1, 0.15) is 17.0 Å². The quantitative estimate of drug-likeness (QED) is 0.659. The predicted molar refractivity (Wildman–Crippen MR) is 91.4 cm³/mol. The molecule has 4 N–H and O–H groups in total. The Balaban J connectivity index is 1.95. The Morgan fingerprint density at radius 1 is 1.23 bits per heavy atom. The maximum Gasteiger partial charge on any atom is 0.244 e. The number of hydrogen-bond acceptors (Lipinski definition) is 5. The van der Waals surface area contributed by atoms with E-state index >= 15 is 0 Å². The van der Waals surface area contributed by atoms with Crippen molar-refractivity contribution >= 4 is 0 Å². The number of phenols is 1. The summed E-state index contributed by atoms with van der Waals surface area (Å²) in [6.07, 6.45) is 0. The smallest absolute Gasteiger partial charge is 0.244 e. The van der Waals surface area contributed by atoms with Gasteiger partial charge in [-0.05, 0) is 42.0 Å². The van der Waals surface area contributed by atoms with E-state index in [0.717, 1.165) is 0 Å². The lowest BCUT2D eigenvalue weighted by molar-refractivity contribution is 0.378. The molecular formula is C19H13FN4O2. The van der Waals surface area contributed by atoms with Crippen molar-refractivity contribution in [2.24, 2.45) is 5.73 Å². The molecule has 1 aliphatic heterocycles. The van der Waals surface area contributed by atoms with Crippen LogP contribution in [0.3, 0.4) is 0 Å². The van der Waals surface area contributed by atoms with E-state index in [4.69, 9.17) is 10.5 Å². The molecule has 6 nitrogen and oxygen atoms in total. The van der Waals surface area contributed by atoms with E-state index in [9.17, 15) is 14.8 Å². The molecule has 0 unspecified atom stereocenters. The Hall–Kier alpha value is -3.79. The van der Waals surface area contributed by atoms with Crippen molar-refractivity contribution in [3.05, 3.63) is 76.9 Å². The van der Waals surface area contributed by atoms with Gasteiger partial charge in [0, 0.05) is 5.56 Å². The molecule has 0 bridgehead atoms. The zero-order valence-corrected chi connectivity index (χ0v) is 13.4. The lowest BCUT2D eigenvalue weighted by Crippen LogP contribution is -2.20. The van der Waals surface area contributed by atoms with E-state index in [1.54, 1.807) is 36.4 Å².